The van der Waals surface area contributed by atoms with Crippen LogP contribution in [0.3, 0.4) is 0 Å². The molecule has 0 atom stereocenters. The second-order valence-corrected chi connectivity index (χ2v) is 4.16. The lowest BCUT2D eigenvalue weighted by molar-refractivity contribution is 0.289. The summed E-state index contributed by atoms with van der Waals surface area (Å²) in [6, 6.07) is 8.82. The Hall–Kier alpha value is -1.81. The standard InChI is InChI=1S/C14H13ClFNO2/c1-18-13-4-2-3-10(5-13)9-19-14-11(7-15)6-12(16)8-17-14/h2-6,8H,7,9H2,1H3. The number of nitrogens with zero attached hydrogens (tertiary/aromatic N) is 1. The van der Waals surface area contributed by atoms with Crippen molar-refractivity contribution in [1.82, 2.24) is 4.98 Å². The minimum atomic E-state index is -0.426. The molecule has 0 amide bonds. The minimum Gasteiger partial charge on any atom is -0.497 e. The van der Waals surface area contributed by atoms with Crippen LogP contribution in [0.5, 0.6) is 11.6 Å². The molecule has 3 nitrogen and oxygen atoms in total. The maximum absolute atomic E-state index is 13.0. The van der Waals surface area contributed by atoms with Gasteiger partial charge in [0.1, 0.15) is 18.2 Å². The average Bonchev–Trinajstić information content (AvgIpc) is 2.46. The Morgan fingerprint density at radius 1 is 1.32 bits per heavy atom. The Balaban J connectivity index is 2.09. The van der Waals surface area contributed by atoms with E-state index in [9.17, 15) is 4.39 Å². The largest absolute Gasteiger partial charge is 0.497 e. The zero-order valence-corrected chi connectivity index (χ0v) is 11.2. The number of benzene rings is 1. The van der Waals surface area contributed by atoms with E-state index in [0.29, 0.717) is 18.1 Å². The third-order valence-corrected chi connectivity index (χ3v) is 2.83. The fourth-order valence-corrected chi connectivity index (χ4v) is 1.80. The quantitative estimate of drug-likeness (QED) is 0.786. The van der Waals surface area contributed by atoms with Crippen LogP contribution in [-0.2, 0) is 12.5 Å². The fourth-order valence-electron chi connectivity index (χ4n) is 1.61. The Bertz CT molecular complexity index is 563. The number of aromatic nitrogens is 1. The predicted octanol–water partition coefficient (Wildman–Crippen LogP) is 3.55. The number of pyridine rings is 1. The number of halogens is 2. The van der Waals surface area contributed by atoms with Crippen LogP contribution in [-0.4, -0.2) is 12.1 Å². The molecule has 0 bridgehead atoms. The van der Waals surface area contributed by atoms with Crippen LogP contribution in [0.2, 0.25) is 0 Å². The zero-order chi connectivity index (χ0) is 13.7. The van der Waals surface area contributed by atoms with E-state index in [0.717, 1.165) is 17.5 Å². The van der Waals surface area contributed by atoms with Crippen LogP contribution in [0.25, 0.3) is 0 Å². The van der Waals surface area contributed by atoms with E-state index < -0.39 is 5.82 Å². The number of rotatable bonds is 5. The molecule has 1 aromatic carbocycles. The van der Waals surface area contributed by atoms with Crippen LogP contribution >= 0.6 is 11.6 Å². The SMILES string of the molecule is COc1cccc(COc2ncc(F)cc2CCl)c1. The van der Waals surface area contributed by atoms with Gasteiger partial charge in [-0.3, -0.25) is 0 Å². The maximum atomic E-state index is 13.0. The Morgan fingerprint density at radius 3 is 2.89 bits per heavy atom. The molecule has 0 N–H and O–H groups in total. The van der Waals surface area contributed by atoms with E-state index in [4.69, 9.17) is 21.1 Å². The van der Waals surface area contributed by atoms with Crippen LogP contribution in [0, 0.1) is 5.82 Å². The molecule has 100 valence electrons. The first-order valence-electron chi connectivity index (χ1n) is 5.69. The summed E-state index contributed by atoms with van der Waals surface area (Å²) >= 11 is 5.73. The number of alkyl halides is 1. The van der Waals surface area contributed by atoms with E-state index in [2.05, 4.69) is 4.98 Å². The van der Waals surface area contributed by atoms with E-state index in [1.165, 1.54) is 6.07 Å². The third-order valence-electron chi connectivity index (χ3n) is 2.55. The molecule has 0 spiro atoms. The van der Waals surface area contributed by atoms with E-state index in [1.54, 1.807) is 7.11 Å². The summed E-state index contributed by atoms with van der Waals surface area (Å²) < 4.78 is 23.7. The van der Waals surface area contributed by atoms with Gasteiger partial charge in [0, 0.05) is 5.56 Å². The maximum Gasteiger partial charge on any atom is 0.218 e. The smallest absolute Gasteiger partial charge is 0.218 e. The highest BCUT2D eigenvalue weighted by molar-refractivity contribution is 6.17. The van der Waals surface area contributed by atoms with Crippen molar-refractivity contribution in [1.29, 1.82) is 0 Å². The molecule has 0 unspecified atom stereocenters. The summed E-state index contributed by atoms with van der Waals surface area (Å²) in [5, 5.41) is 0. The molecule has 0 aliphatic heterocycles. The number of hydrogen-bond donors (Lipinski definition) is 0. The molecular weight excluding hydrogens is 269 g/mol. The fraction of sp³-hybridized carbons (Fsp3) is 0.214. The molecule has 1 heterocycles. The second kappa shape index (κ2) is 6.38. The summed E-state index contributed by atoms with van der Waals surface area (Å²) in [7, 11) is 1.60. The topological polar surface area (TPSA) is 31.4 Å². The molecule has 0 radical (unpaired) electrons. The molecule has 0 saturated carbocycles. The van der Waals surface area contributed by atoms with Crippen molar-refractivity contribution >= 4 is 11.6 Å². The highest BCUT2D eigenvalue weighted by atomic mass is 35.5. The lowest BCUT2D eigenvalue weighted by atomic mass is 10.2. The monoisotopic (exact) mass is 281 g/mol. The first-order valence-corrected chi connectivity index (χ1v) is 6.22. The zero-order valence-electron chi connectivity index (χ0n) is 10.4. The molecule has 5 heteroatoms. The van der Waals surface area contributed by atoms with Gasteiger partial charge < -0.3 is 9.47 Å². The van der Waals surface area contributed by atoms with Crippen molar-refractivity contribution in [2.45, 2.75) is 12.5 Å². The molecular formula is C14H13ClFNO2. The summed E-state index contributed by atoms with van der Waals surface area (Å²) in [4.78, 5) is 3.89. The normalized spacial score (nSPS) is 10.3. The van der Waals surface area contributed by atoms with Gasteiger partial charge in [0.2, 0.25) is 5.88 Å². The molecule has 2 aromatic rings. The number of ether oxygens (including phenoxy) is 2. The number of hydrogen-bond acceptors (Lipinski definition) is 3. The summed E-state index contributed by atoms with van der Waals surface area (Å²) in [6.07, 6.45) is 1.11. The number of methoxy groups -OCH3 is 1. The van der Waals surface area contributed by atoms with Gasteiger partial charge in [-0.05, 0) is 23.8 Å². The van der Waals surface area contributed by atoms with Crippen LogP contribution < -0.4 is 9.47 Å². The van der Waals surface area contributed by atoms with Gasteiger partial charge in [0.05, 0.1) is 19.2 Å². The third kappa shape index (κ3) is 3.58. The van der Waals surface area contributed by atoms with E-state index in [-0.39, 0.29) is 5.88 Å². The lowest BCUT2D eigenvalue weighted by Gasteiger charge is -2.09. The van der Waals surface area contributed by atoms with Gasteiger partial charge in [0.25, 0.3) is 0 Å². The summed E-state index contributed by atoms with van der Waals surface area (Å²) in [5.74, 6) is 0.826. The van der Waals surface area contributed by atoms with Crippen molar-refractivity contribution in [3.63, 3.8) is 0 Å². The van der Waals surface area contributed by atoms with Gasteiger partial charge in [0.15, 0.2) is 0 Å². The van der Waals surface area contributed by atoms with Crippen molar-refractivity contribution in [3.05, 3.63) is 53.5 Å². The Kier molecular flexibility index (Phi) is 4.58. The highest BCUT2D eigenvalue weighted by Gasteiger charge is 2.07. The highest BCUT2D eigenvalue weighted by Crippen LogP contribution is 2.20. The van der Waals surface area contributed by atoms with Crippen molar-refractivity contribution < 1.29 is 13.9 Å². The first kappa shape index (κ1) is 13.6. The molecule has 1 aromatic heterocycles. The summed E-state index contributed by atoms with van der Waals surface area (Å²) in [6.45, 7) is 0.319. The lowest BCUT2D eigenvalue weighted by Crippen LogP contribution is -2.01. The summed E-state index contributed by atoms with van der Waals surface area (Å²) in [5.41, 5.74) is 1.47. The molecule has 0 fully saturated rings. The molecule has 2 rings (SSSR count). The van der Waals surface area contributed by atoms with Crippen molar-refractivity contribution in [2.75, 3.05) is 7.11 Å². The first-order chi connectivity index (χ1) is 9.22. The van der Waals surface area contributed by atoms with Gasteiger partial charge in [-0.25, -0.2) is 9.37 Å². The van der Waals surface area contributed by atoms with Gasteiger partial charge >= 0.3 is 0 Å². The van der Waals surface area contributed by atoms with Crippen molar-refractivity contribution in [2.24, 2.45) is 0 Å². The molecule has 0 aliphatic carbocycles. The minimum absolute atomic E-state index is 0.151. The van der Waals surface area contributed by atoms with Gasteiger partial charge in [-0.15, -0.1) is 11.6 Å². The molecule has 0 aliphatic rings. The second-order valence-electron chi connectivity index (χ2n) is 3.89. The van der Waals surface area contributed by atoms with Gasteiger partial charge in [-0.1, -0.05) is 12.1 Å². The Morgan fingerprint density at radius 2 is 2.16 bits per heavy atom. The van der Waals surface area contributed by atoms with Gasteiger partial charge in [-0.2, -0.15) is 0 Å². The van der Waals surface area contributed by atoms with Crippen molar-refractivity contribution in [3.8, 4) is 11.6 Å². The van der Waals surface area contributed by atoms with E-state index in [1.807, 2.05) is 24.3 Å². The van der Waals surface area contributed by atoms with E-state index >= 15 is 0 Å². The van der Waals surface area contributed by atoms with Crippen LogP contribution in [0.1, 0.15) is 11.1 Å². The van der Waals surface area contributed by atoms with Crippen LogP contribution in [0.15, 0.2) is 36.5 Å². The molecule has 0 saturated heterocycles. The average molecular weight is 282 g/mol. The predicted molar refractivity (Wildman–Crippen MR) is 71.1 cm³/mol. The van der Waals surface area contributed by atoms with Crippen LogP contribution in [0.4, 0.5) is 4.39 Å². The molecule has 19 heavy (non-hydrogen) atoms. The Labute approximate surface area is 115 Å².